The van der Waals surface area contributed by atoms with Crippen molar-refractivity contribution in [1.82, 2.24) is 4.98 Å². The van der Waals surface area contributed by atoms with Crippen LogP contribution in [-0.4, -0.2) is 10.9 Å². The van der Waals surface area contributed by atoms with E-state index in [2.05, 4.69) is 22.7 Å². The van der Waals surface area contributed by atoms with E-state index in [1.54, 1.807) is 12.1 Å². The number of carbonyl (C=O) groups is 1. The highest BCUT2D eigenvalue weighted by molar-refractivity contribution is 6.34. The highest BCUT2D eigenvalue weighted by Crippen LogP contribution is 2.21. The lowest BCUT2D eigenvalue weighted by Gasteiger charge is -2.11. The van der Waals surface area contributed by atoms with Crippen LogP contribution >= 0.6 is 11.6 Å². The SMILES string of the molecule is CCCc1ccccc1NC(=O)c1nc(NN)ccc1Cl. The van der Waals surface area contributed by atoms with E-state index in [1.165, 1.54) is 0 Å². The number of aromatic nitrogens is 1. The molecule has 1 amide bonds. The van der Waals surface area contributed by atoms with Crippen molar-refractivity contribution in [3.63, 3.8) is 0 Å². The van der Waals surface area contributed by atoms with Gasteiger partial charge in [0.25, 0.3) is 5.91 Å². The molecule has 21 heavy (non-hydrogen) atoms. The van der Waals surface area contributed by atoms with E-state index in [1.807, 2.05) is 24.3 Å². The highest BCUT2D eigenvalue weighted by Gasteiger charge is 2.14. The fourth-order valence-electron chi connectivity index (χ4n) is 1.99. The van der Waals surface area contributed by atoms with Gasteiger partial charge in [0.15, 0.2) is 0 Å². The summed E-state index contributed by atoms with van der Waals surface area (Å²) < 4.78 is 0. The standard InChI is InChI=1S/C15H17ClN4O/c1-2-5-10-6-3-4-7-12(10)18-15(21)14-11(16)8-9-13(19-14)20-17/h3-4,6-9H,2,5,17H2,1H3,(H,18,21)(H,19,20). The number of benzene rings is 1. The Bertz CT molecular complexity index is 645. The Morgan fingerprint density at radius 2 is 2.05 bits per heavy atom. The summed E-state index contributed by atoms with van der Waals surface area (Å²) in [6, 6.07) is 10.9. The van der Waals surface area contributed by atoms with Crippen LogP contribution in [0.4, 0.5) is 11.5 Å². The van der Waals surface area contributed by atoms with Crippen LogP contribution in [0.5, 0.6) is 0 Å². The third-order valence-corrected chi connectivity index (χ3v) is 3.30. The number of nitrogens with two attached hydrogens (primary N) is 1. The first-order chi connectivity index (χ1) is 10.2. The Morgan fingerprint density at radius 1 is 1.29 bits per heavy atom. The van der Waals surface area contributed by atoms with Crippen LogP contribution < -0.4 is 16.6 Å². The number of hydrogen-bond donors (Lipinski definition) is 3. The summed E-state index contributed by atoms with van der Waals surface area (Å²) in [6.07, 6.45) is 1.89. The minimum atomic E-state index is -0.361. The second-order valence-corrected chi connectivity index (χ2v) is 4.94. The summed E-state index contributed by atoms with van der Waals surface area (Å²) in [5.74, 6) is 5.32. The molecular formula is C15H17ClN4O. The monoisotopic (exact) mass is 304 g/mol. The van der Waals surface area contributed by atoms with Crippen molar-refractivity contribution in [3.05, 3.63) is 52.7 Å². The largest absolute Gasteiger partial charge is 0.320 e. The molecule has 6 heteroatoms. The summed E-state index contributed by atoms with van der Waals surface area (Å²) in [7, 11) is 0. The number of halogens is 1. The van der Waals surface area contributed by atoms with Crippen LogP contribution in [0.1, 0.15) is 29.4 Å². The molecule has 0 bridgehead atoms. The van der Waals surface area contributed by atoms with Gasteiger partial charge in [-0.05, 0) is 30.2 Å². The molecule has 5 nitrogen and oxygen atoms in total. The molecule has 0 aliphatic carbocycles. The van der Waals surface area contributed by atoms with Crippen LogP contribution in [-0.2, 0) is 6.42 Å². The molecule has 0 spiro atoms. The van der Waals surface area contributed by atoms with Crippen molar-refractivity contribution < 1.29 is 4.79 Å². The van der Waals surface area contributed by atoms with Gasteiger partial charge in [0.1, 0.15) is 11.5 Å². The number of para-hydroxylation sites is 1. The number of anilines is 2. The first-order valence-electron chi connectivity index (χ1n) is 6.68. The van der Waals surface area contributed by atoms with E-state index in [0.717, 1.165) is 24.1 Å². The number of pyridine rings is 1. The maximum atomic E-state index is 12.3. The second-order valence-electron chi connectivity index (χ2n) is 4.53. The average Bonchev–Trinajstić information content (AvgIpc) is 2.50. The summed E-state index contributed by atoms with van der Waals surface area (Å²) in [5, 5.41) is 3.13. The maximum absolute atomic E-state index is 12.3. The summed E-state index contributed by atoms with van der Waals surface area (Å²) in [5.41, 5.74) is 4.39. The van der Waals surface area contributed by atoms with E-state index < -0.39 is 0 Å². The first-order valence-corrected chi connectivity index (χ1v) is 7.06. The Labute approximate surface area is 128 Å². The Hall–Kier alpha value is -2.11. The smallest absolute Gasteiger partial charge is 0.275 e. The molecule has 0 aliphatic rings. The van der Waals surface area contributed by atoms with Gasteiger partial charge in [-0.3, -0.25) is 4.79 Å². The third-order valence-electron chi connectivity index (χ3n) is 2.99. The molecule has 110 valence electrons. The zero-order valence-corrected chi connectivity index (χ0v) is 12.4. The van der Waals surface area contributed by atoms with Crippen LogP contribution in [0.25, 0.3) is 0 Å². The van der Waals surface area contributed by atoms with Crippen LogP contribution in [0.15, 0.2) is 36.4 Å². The van der Waals surface area contributed by atoms with E-state index in [0.29, 0.717) is 5.82 Å². The second kappa shape index (κ2) is 7.06. The number of nitrogens with one attached hydrogen (secondary N) is 2. The lowest BCUT2D eigenvalue weighted by molar-refractivity contribution is 0.102. The van der Waals surface area contributed by atoms with Gasteiger partial charge in [0, 0.05) is 5.69 Å². The molecule has 2 rings (SSSR count). The minimum Gasteiger partial charge on any atom is -0.320 e. The molecule has 0 radical (unpaired) electrons. The van der Waals surface area contributed by atoms with Gasteiger partial charge < -0.3 is 10.7 Å². The summed E-state index contributed by atoms with van der Waals surface area (Å²) in [4.78, 5) is 16.4. The zero-order valence-electron chi connectivity index (χ0n) is 11.7. The Morgan fingerprint density at radius 3 is 2.76 bits per heavy atom. The molecule has 0 aliphatic heterocycles. The van der Waals surface area contributed by atoms with Crippen molar-refractivity contribution in [2.75, 3.05) is 10.7 Å². The van der Waals surface area contributed by atoms with E-state index in [4.69, 9.17) is 17.4 Å². The van der Waals surface area contributed by atoms with Crippen LogP contribution in [0, 0.1) is 0 Å². The fraction of sp³-hybridized carbons (Fsp3) is 0.200. The predicted molar refractivity (Wildman–Crippen MR) is 85.4 cm³/mol. The van der Waals surface area contributed by atoms with E-state index >= 15 is 0 Å². The highest BCUT2D eigenvalue weighted by atomic mass is 35.5. The van der Waals surface area contributed by atoms with Crippen molar-refractivity contribution >= 4 is 29.0 Å². The lowest BCUT2D eigenvalue weighted by Crippen LogP contribution is -2.17. The van der Waals surface area contributed by atoms with Crippen LogP contribution in [0.3, 0.4) is 0 Å². The molecule has 4 N–H and O–H groups in total. The number of rotatable bonds is 5. The normalized spacial score (nSPS) is 10.2. The summed E-state index contributed by atoms with van der Waals surface area (Å²) >= 11 is 6.02. The predicted octanol–water partition coefficient (Wildman–Crippen LogP) is 3.23. The molecule has 0 saturated carbocycles. The van der Waals surface area contributed by atoms with E-state index in [9.17, 15) is 4.79 Å². The number of hydrogen-bond acceptors (Lipinski definition) is 4. The Balaban J connectivity index is 2.26. The van der Waals surface area contributed by atoms with Gasteiger partial charge >= 0.3 is 0 Å². The van der Waals surface area contributed by atoms with E-state index in [-0.39, 0.29) is 16.6 Å². The molecule has 0 saturated heterocycles. The molecule has 1 heterocycles. The molecule has 1 aromatic heterocycles. The van der Waals surface area contributed by atoms with Gasteiger partial charge in [0.2, 0.25) is 0 Å². The number of nitrogens with zero attached hydrogens (tertiary/aromatic N) is 1. The molecule has 1 aromatic carbocycles. The molecule has 2 aromatic rings. The minimum absolute atomic E-state index is 0.137. The van der Waals surface area contributed by atoms with Gasteiger partial charge in [-0.25, -0.2) is 10.8 Å². The van der Waals surface area contributed by atoms with Crippen LogP contribution in [0.2, 0.25) is 5.02 Å². The number of aryl methyl sites for hydroxylation is 1. The number of hydrazine groups is 1. The zero-order chi connectivity index (χ0) is 15.2. The molecule has 0 atom stereocenters. The fourth-order valence-corrected chi connectivity index (χ4v) is 2.18. The van der Waals surface area contributed by atoms with Crippen molar-refractivity contribution in [1.29, 1.82) is 0 Å². The topological polar surface area (TPSA) is 80.0 Å². The number of carbonyl (C=O) groups excluding carboxylic acids is 1. The number of nitrogen functional groups attached to an aromatic ring is 1. The van der Waals surface area contributed by atoms with Crippen molar-refractivity contribution in [3.8, 4) is 0 Å². The number of amides is 1. The first kappa shape index (κ1) is 15.3. The quantitative estimate of drug-likeness (QED) is 0.585. The van der Waals surface area contributed by atoms with Gasteiger partial charge in [-0.1, -0.05) is 43.1 Å². The lowest BCUT2D eigenvalue weighted by atomic mass is 10.1. The van der Waals surface area contributed by atoms with Gasteiger partial charge in [-0.15, -0.1) is 0 Å². The molecular weight excluding hydrogens is 288 g/mol. The summed E-state index contributed by atoms with van der Waals surface area (Å²) in [6.45, 7) is 2.09. The van der Waals surface area contributed by atoms with Gasteiger partial charge in [-0.2, -0.15) is 0 Å². The Kier molecular flexibility index (Phi) is 5.14. The maximum Gasteiger partial charge on any atom is 0.275 e. The average molecular weight is 305 g/mol. The van der Waals surface area contributed by atoms with Crippen molar-refractivity contribution in [2.24, 2.45) is 5.84 Å². The van der Waals surface area contributed by atoms with Crippen molar-refractivity contribution in [2.45, 2.75) is 19.8 Å². The third kappa shape index (κ3) is 3.71. The molecule has 0 unspecified atom stereocenters. The van der Waals surface area contributed by atoms with Gasteiger partial charge in [0.05, 0.1) is 5.02 Å². The molecule has 0 fully saturated rings.